The summed E-state index contributed by atoms with van der Waals surface area (Å²) in [7, 11) is 0. The van der Waals surface area contributed by atoms with Crippen LogP contribution in [-0.4, -0.2) is 17.8 Å². The molecule has 0 amide bonds. The van der Waals surface area contributed by atoms with E-state index in [4.69, 9.17) is 14.3 Å². The summed E-state index contributed by atoms with van der Waals surface area (Å²) in [4.78, 5) is 0. The van der Waals surface area contributed by atoms with Crippen molar-refractivity contribution in [1.82, 2.24) is 0 Å². The molecule has 1 atom stereocenters. The van der Waals surface area contributed by atoms with E-state index in [-0.39, 0.29) is 6.61 Å². The molecule has 0 bridgehead atoms. The number of furan rings is 1. The van der Waals surface area contributed by atoms with Crippen LogP contribution in [-0.2, 0) is 11.3 Å². The van der Waals surface area contributed by atoms with E-state index < -0.39 is 6.10 Å². The van der Waals surface area contributed by atoms with Crippen molar-refractivity contribution in [3.8, 4) is 0 Å². The summed E-state index contributed by atoms with van der Waals surface area (Å²) in [6, 6.07) is 3.61. The number of aliphatic hydroxyl groups is 1. The first-order valence-electron chi connectivity index (χ1n) is 3.40. The summed E-state index contributed by atoms with van der Waals surface area (Å²) in [5.74, 6) is 0.755. The van der Waals surface area contributed by atoms with E-state index in [9.17, 15) is 0 Å². The summed E-state index contributed by atoms with van der Waals surface area (Å²) >= 11 is 0. The van der Waals surface area contributed by atoms with Crippen LogP contribution < -0.4 is 0 Å². The van der Waals surface area contributed by atoms with E-state index in [1.807, 2.05) is 6.07 Å². The van der Waals surface area contributed by atoms with Gasteiger partial charge < -0.3 is 14.3 Å². The topological polar surface area (TPSA) is 42.6 Å². The lowest BCUT2D eigenvalue weighted by atomic mass is 10.4. The van der Waals surface area contributed by atoms with Gasteiger partial charge in [0.15, 0.2) is 0 Å². The molecule has 1 radical (unpaired) electrons. The highest BCUT2D eigenvalue weighted by atomic mass is 16.5. The number of ether oxygens (including phenoxy) is 1. The highest BCUT2D eigenvalue weighted by molar-refractivity contribution is 4.95. The molecular formula is C8H11O3. The monoisotopic (exact) mass is 155 g/mol. The smallest absolute Gasteiger partial charge is 0.129 e. The van der Waals surface area contributed by atoms with Crippen molar-refractivity contribution in [3.63, 3.8) is 0 Å². The Morgan fingerprint density at radius 2 is 2.55 bits per heavy atom. The fourth-order valence-electron chi connectivity index (χ4n) is 0.690. The Labute approximate surface area is 65.6 Å². The van der Waals surface area contributed by atoms with Crippen LogP contribution in [0.15, 0.2) is 22.8 Å². The standard InChI is InChI=1S/C8H11O3/c1-7(9)5-10-6-8-3-2-4-11-8/h2-4,7,9H,1,5-6H2/t7-/m1/s1. The molecule has 0 fully saturated rings. The van der Waals surface area contributed by atoms with Crippen molar-refractivity contribution in [1.29, 1.82) is 0 Å². The molecule has 11 heavy (non-hydrogen) atoms. The average Bonchev–Trinajstić information content (AvgIpc) is 2.39. The van der Waals surface area contributed by atoms with E-state index in [0.29, 0.717) is 6.61 Å². The summed E-state index contributed by atoms with van der Waals surface area (Å²) in [5.41, 5.74) is 0. The van der Waals surface area contributed by atoms with Crippen molar-refractivity contribution >= 4 is 0 Å². The van der Waals surface area contributed by atoms with Crippen LogP contribution in [0.4, 0.5) is 0 Å². The zero-order valence-electron chi connectivity index (χ0n) is 6.19. The molecule has 3 heteroatoms. The van der Waals surface area contributed by atoms with E-state index >= 15 is 0 Å². The van der Waals surface area contributed by atoms with Gasteiger partial charge in [-0.15, -0.1) is 0 Å². The molecule has 0 aliphatic carbocycles. The highest BCUT2D eigenvalue weighted by Crippen LogP contribution is 2.01. The maximum atomic E-state index is 8.71. The molecule has 1 aromatic rings. The summed E-state index contributed by atoms with van der Waals surface area (Å²) < 4.78 is 10.0. The van der Waals surface area contributed by atoms with Gasteiger partial charge in [0.25, 0.3) is 0 Å². The normalized spacial score (nSPS) is 13.3. The molecule has 0 saturated heterocycles. The van der Waals surface area contributed by atoms with Crippen LogP contribution in [0, 0.1) is 6.92 Å². The van der Waals surface area contributed by atoms with Crippen molar-refractivity contribution in [2.24, 2.45) is 0 Å². The molecule has 0 aliphatic rings. The van der Waals surface area contributed by atoms with Crippen molar-refractivity contribution < 1.29 is 14.3 Å². The quantitative estimate of drug-likeness (QED) is 0.705. The van der Waals surface area contributed by atoms with Crippen LogP contribution in [0.1, 0.15) is 5.76 Å². The molecule has 3 nitrogen and oxygen atoms in total. The van der Waals surface area contributed by atoms with Crippen molar-refractivity contribution in [2.45, 2.75) is 12.7 Å². The third-order valence-electron chi connectivity index (χ3n) is 1.13. The second kappa shape index (κ2) is 4.16. The van der Waals surface area contributed by atoms with E-state index in [1.165, 1.54) is 0 Å². The summed E-state index contributed by atoms with van der Waals surface area (Å²) in [6.45, 7) is 3.98. The van der Waals surface area contributed by atoms with Gasteiger partial charge in [0.05, 0.1) is 19.0 Å². The molecular weight excluding hydrogens is 144 g/mol. The van der Waals surface area contributed by atoms with Gasteiger partial charge in [-0.2, -0.15) is 0 Å². The van der Waals surface area contributed by atoms with Gasteiger partial charge in [-0.25, -0.2) is 0 Å². The van der Waals surface area contributed by atoms with E-state index in [0.717, 1.165) is 5.76 Å². The number of hydrogen-bond acceptors (Lipinski definition) is 3. The first kappa shape index (κ1) is 8.30. The van der Waals surface area contributed by atoms with Gasteiger partial charge in [0.2, 0.25) is 0 Å². The number of rotatable bonds is 4. The molecule has 1 N–H and O–H groups in total. The average molecular weight is 155 g/mol. The SMILES string of the molecule is [CH2][C@@H](O)COCc1ccco1. The van der Waals surface area contributed by atoms with Crippen LogP contribution in [0.3, 0.4) is 0 Å². The lowest BCUT2D eigenvalue weighted by Crippen LogP contribution is -2.10. The minimum atomic E-state index is -0.662. The second-order valence-corrected chi connectivity index (χ2v) is 2.25. The Bertz CT molecular complexity index is 179. The predicted molar refractivity (Wildman–Crippen MR) is 39.7 cm³/mol. The predicted octanol–water partition coefficient (Wildman–Crippen LogP) is 0.991. The molecule has 0 aromatic carbocycles. The third kappa shape index (κ3) is 3.20. The zero-order chi connectivity index (χ0) is 8.10. The lowest BCUT2D eigenvalue weighted by molar-refractivity contribution is 0.0416. The molecule has 0 aliphatic heterocycles. The first-order chi connectivity index (χ1) is 5.29. The van der Waals surface area contributed by atoms with Gasteiger partial charge in [0.1, 0.15) is 12.4 Å². The summed E-state index contributed by atoms with van der Waals surface area (Å²) in [6.07, 6.45) is 0.921. The molecule has 1 aromatic heterocycles. The maximum Gasteiger partial charge on any atom is 0.129 e. The Morgan fingerprint density at radius 1 is 1.73 bits per heavy atom. The van der Waals surface area contributed by atoms with E-state index in [1.54, 1.807) is 12.3 Å². The lowest BCUT2D eigenvalue weighted by Gasteiger charge is -2.03. The largest absolute Gasteiger partial charge is 0.467 e. The van der Waals surface area contributed by atoms with Gasteiger partial charge in [-0.3, -0.25) is 0 Å². The molecule has 61 valence electrons. The highest BCUT2D eigenvalue weighted by Gasteiger charge is 1.97. The van der Waals surface area contributed by atoms with Crippen LogP contribution in [0.2, 0.25) is 0 Å². The number of aliphatic hydroxyl groups excluding tert-OH is 1. The van der Waals surface area contributed by atoms with Gasteiger partial charge >= 0.3 is 0 Å². The minimum Gasteiger partial charge on any atom is -0.467 e. The van der Waals surface area contributed by atoms with Crippen LogP contribution in [0.5, 0.6) is 0 Å². The van der Waals surface area contributed by atoms with Crippen LogP contribution >= 0.6 is 0 Å². The fraction of sp³-hybridized carbons (Fsp3) is 0.375. The maximum absolute atomic E-state index is 8.71. The Balaban J connectivity index is 2.14. The molecule has 0 saturated carbocycles. The molecule has 1 heterocycles. The van der Waals surface area contributed by atoms with Gasteiger partial charge in [-0.1, -0.05) is 0 Å². The molecule has 1 rings (SSSR count). The number of hydrogen-bond donors (Lipinski definition) is 1. The second-order valence-electron chi connectivity index (χ2n) is 2.25. The van der Waals surface area contributed by atoms with Gasteiger partial charge in [0, 0.05) is 0 Å². The fourth-order valence-corrected chi connectivity index (χ4v) is 0.690. The molecule has 0 spiro atoms. The third-order valence-corrected chi connectivity index (χ3v) is 1.13. The summed E-state index contributed by atoms with van der Waals surface area (Å²) in [5, 5.41) is 8.71. The Morgan fingerprint density at radius 3 is 3.09 bits per heavy atom. The van der Waals surface area contributed by atoms with Gasteiger partial charge in [-0.05, 0) is 19.1 Å². The van der Waals surface area contributed by atoms with E-state index in [2.05, 4.69) is 6.92 Å². The van der Waals surface area contributed by atoms with Crippen LogP contribution in [0.25, 0.3) is 0 Å². The zero-order valence-corrected chi connectivity index (χ0v) is 6.19. The minimum absolute atomic E-state index is 0.237. The molecule has 0 unspecified atom stereocenters. The Kier molecular flexibility index (Phi) is 3.14. The van der Waals surface area contributed by atoms with Crippen molar-refractivity contribution in [3.05, 3.63) is 31.1 Å². The van der Waals surface area contributed by atoms with Crippen molar-refractivity contribution in [2.75, 3.05) is 6.61 Å². The first-order valence-corrected chi connectivity index (χ1v) is 3.40. The Hall–Kier alpha value is -0.800.